The van der Waals surface area contributed by atoms with Crippen LogP contribution in [0.1, 0.15) is 10.6 Å². The third kappa shape index (κ3) is 3.93. The van der Waals surface area contributed by atoms with Crippen molar-refractivity contribution in [3.05, 3.63) is 28.8 Å². The number of benzene rings is 1. The Hall–Kier alpha value is -1.60. The molecule has 0 fully saturated rings. The van der Waals surface area contributed by atoms with E-state index in [0.29, 0.717) is 5.69 Å². The Morgan fingerprint density at radius 3 is 2.89 bits per heavy atom. The number of carbonyl (C=O) groups excluding carboxylic acids is 1. The minimum Gasteiger partial charge on any atom is -0.506 e. The van der Waals surface area contributed by atoms with Gasteiger partial charge < -0.3 is 10.4 Å². The second-order valence-electron chi connectivity index (χ2n) is 3.94. The van der Waals surface area contributed by atoms with Gasteiger partial charge >= 0.3 is 0 Å². The SMILES string of the molecule is Cc1ccc(O)c(NC(=O)CSc2nnc(C)s2)c1. The summed E-state index contributed by atoms with van der Waals surface area (Å²) in [6.07, 6.45) is 0. The van der Waals surface area contributed by atoms with Gasteiger partial charge in [-0.15, -0.1) is 10.2 Å². The van der Waals surface area contributed by atoms with Crippen LogP contribution in [-0.4, -0.2) is 27.0 Å². The Bertz CT molecular complexity index is 598. The maximum Gasteiger partial charge on any atom is 0.234 e. The molecule has 5 nitrogen and oxygen atoms in total. The zero-order valence-corrected chi connectivity index (χ0v) is 12.1. The molecule has 0 saturated heterocycles. The normalized spacial score (nSPS) is 10.4. The molecule has 0 unspecified atom stereocenters. The topological polar surface area (TPSA) is 75.1 Å². The van der Waals surface area contributed by atoms with Gasteiger partial charge in [0.1, 0.15) is 10.8 Å². The lowest BCUT2D eigenvalue weighted by Crippen LogP contribution is -2.14. The molecule has 1 aromatic heterocycles. The number of thioether (sulfide) groups is 1. The number of amides is 1. The molecule has 1 amide bonds. The lowest BCUT2D eigenvalue weighted by Gasteiger charge is -2.07. The molecule has 0 aliphatic heterocycles. The monoisotopic (exact) mass is 295 g/mol. The minimum absolute atomic E-state index is 0.0655. The summed E-state index contributed by atoms with van der Waals surface area (Å²) in [4.78, 5) is 11.8. The summed E-state index contributed by atoms with van der Waals surface area (Å²) in [6.45, 7) is 3.76. The van der Waals surface area contributed by atoms with E-state index in [1.165, 1.54) is 23.1 Å². The van der Waals surface area contributed by atoms with Crippen LogP contribution in [0.3, 0.4) is 0 Å². The first kappa shape index (κ1) is 13.8. The number of carbonyl (C=O) groups is 1. The van der Waals surface area contributed by atoms with E-state index >= 15 is 0 Å². The molecule has 7 heteroatoms. The molecule has 100 valence electrons. The molecule has 0 saturated carbocycles. The lowest BCUT2D eigenvalue weighted by molar-refractivity contribution is -0.113. The molecule has 2 rings (SSSR count). The average molecular weight is 295 g/mol. The summed E-state index contributed by atoms with van der Waals surface area (Å²) >= 11 is 2.78. The fraction of sp³-hybridized carbons (Fsp3) is 0.250. The smallest absolute Gasteiger partial charge is 0.234 e. The standard InChI is InChI=1S/C12H13N3O2S2/c1-7-3-4-10(16)9(5-7)13-11(17)6-18-12-15-14-8(2)19-12/h3-5,16H,6H2,1-2H3,(H,13,17). The molecule has 2 aromatic rings. The number of rotatable bonds is 4. The molecule has 0 spiro atoms. The van der Waals surface area contributed by atoms with Crippen LogP contribution in [0, 0.1) is 13.8 Å². The van der Waals surface area contributed by atoms with Crippen molar-refractivity contribution >= 4 is 34.7 Å². The van der Waals surface area contributed by atoms with Crippen LogP contribution >= 0.6 is 23.1 Å². The highest BCUT2D eigenvalue weighted by atomic mass is 32.2. The Morgan fingerprint density at radius 2 is 2.21 bits per heavy atom. The predicted molar refractivity (Wildman–Crippen MR) is 76.8 cm³/mol. The van der Waals surface area contributed by atoms with Gasteiger partial charge in [0.15, 0.2) is 4.34 Å². The average Bonchev–Trinajstić information content (AvgIpc) is 2.77. The molecule has 0 bridgehead atoms. The third-order valence-electron chi connectivity index (χ3n) is 2.26. The van der Waals surface area contributed by atoms with Gasteiger partial charge in [0.05, 0.1) is 11.4 Å². The van der Waals surface area contributed by atoms with E-state index in [4.69, 9.17) is 0 Å². The highest BCUT2D eigenvalue weighted by molar-refractivity contribution is 8.01. The van der Waals surface area contributed by atoms with Gasteiger partial charge in [0.25, 0.3) is 0 Å². The van der Waals surface area contributed by atoms with Gasteiger partial charge in [-0.3, -0.25) is 4.79 Å². The molecule has 0 aliphatic carbocycles. The molecule has 2 N–H and O–H groups in total. The Morgan fingerprint density at radius 1 is 1.42 bits per heavy atom. The minimum atomic E-state index is -0.182. The van der Waals surface area contributed by atoms with E-state index in [2.05, 4.69) is 15.5 Å². The number of hydrogen-bond acceptors (Lipinski definition) is 6. The quantitative estimate of drug-likeness (QED) is 0.670. The number of aromatic hydroxyl groups is 1. The number of phenolic OH excluding ortho intramolecular Hbond substituents is 1. The van der Waals surface area contributed by atoms with Crippen molar-refractivity contribution in [2.45, 2.75) is 18.2 Å². The molecular weight excluding hydrogens is 282 g/mol. The van der Waals surface area contributed by atoms with Crippen molar-refractivity contribution in [2.75, 3.05) is 11.1 Å². The first-order valence-corrected chi connectivity index (χ1v) is 7.37. The van der Waals surface area contributed by atoms with Gasteiger partial charge in [-0.1, -0.05) is 29.2 Å². The van der Waals surface area contributed by atoms with Gasteiger partial charge in [0, 0.05) is 0 Å². The summed E-state index contributed by atoms with van der Waals surface area (Å²) in [6, 6.07) is 5.07. The van der Waals surface area contributed by atoms with E-state index in [1.54, 1.807) is 18.2 Å². The van der Waals surface area contributed by atoms with E-state index in [0.717, 1.165) is 14.9 Å². The maximum absolute atomic E-state index is 11.8. The van der Waals surface area contributed by atoms with E-state index in [1.807, 2.05) is 13.8 Å². The largest absolute Gasteiger partial charge is 0.506 e. The van der Waals surface area contributed by atoms with Crippen molar-refractivity contribution < 1.29 is 9.90 Å². The van der Waals surface area contributed by atoms with Crippen molar-refractivity contribution in [1.29, 1.82) is 0 Å². The number of anilines is 1. The van der Waals surface area contributed by atoms with Crippen LogP contribution in [-0.2, 0) is 4.79 Å². The lowest BCUT2D eigenvalue weighted by atomic mass is 10.2. The summed E-state index contributed by atoms with van der Waals surface area (Å²) < 4.78 is 0.765. The fourth-order valence-electron chi connectivity index (χ4n) is 1.40. The molecule has 19 heavy (non-hydrogen) atoms. The highest BCUT2D eigenvalue weighted by Crippen LogP contribution is 2.25. The van der Waals surface area contributed by atoms with E-state index in [9.17, 15) is 9.90 Å². The van der Waals surface area contributed by atoms with Crippen LogP contribution in [0.25, 0.3) is 0 Å². The van der Waals surface area contributed by atoms with Crippen LogP contribution in [0.15, 0.2) is 22.5 Å². The van der Waals surface area contributed by atoms with Crippen LogP contribution in [0.5, 0.6) is 5.75 Å². The van der Waals surface area contributed by atoms with Gasteiger partial charge in [-0.05, 0) is 31.5 Å². The summed E-state index contributed by atoms with van der Waals surface area (Å²) in [5, 5.41) is 21.0. The zero-order chi connectivity index (χ0) is 13.8. The summed E-state index contributed by atoms with van der Waals surface area (Å²) in [5.74, 6) is 0.122. The second-order valence-corrected chi connectivity index (χ2v) is 6.35. The number of phenols is 1. The van der Waals surface area contributed by atoms with E-state index < -0.39 is 0 Å². The third-order valence-corrected chi connectivity index (χ3v) is 4.23. The van der Waals surface area contributed by atoms with Crippen LogP contribution < -0.4 is 5.32 Å². The zero-order valence-electron chi connectivity index (χ0n) is 10.5. The number of nitrogens with one attached hydrogen (secondary N) is 1. The van der Waals surface area contributed by atoms with Crippen molar-refractivity contribution in [1.82, 2.24) is 10.2 Å². The van der Waals surface area contributed by atoms with Gasteiger partial charge in [0.2, 0.25) is 5.91 Å². The first-order valence-electron chi connectivity index (χ1n) is 5.57. The summed E-state index contributed by atoms with van der Waals surface area (Å²) in [7, 11) is 0. The maximum atomic E-state index is 11.8. The van der Waals surface area contributed by atoms with Crippen molar-refractivity contribution in [2.24, 2.45) is 0 Å². The molecule has 1 heterocycles. The highest BCUT2D eigenvalue weighted by Gasteiger charge is 2.09. The number of hydrogen-bond donors (Lipinski definition) is 2. The fourth-order valence-corrected chi connectivity index (χ4v) is 3.02. The van der Waals surface area contributed by atoms with Gasteiger partial charge in [-0.25, -0.2) is 0 Å². The molecule has 0 aliphatic rings. The number of aryl methyl sites for hydroxylation is 2. The number of nitrogens with zero attached hydrogens (tertiary/aromatic N) is 2. The molecular formula is C12H13N3O2S2. The van der Waals surface area contributed by atoms with Crippen LogP contribution in [0.2, 0.25) is 0 Å². The second kappa shape index (κ2) is 6.03. The Labute approximate surface area is 119 Å². The van der Waals surface area contributed by atoms with E-state index in [-0.39, 0.29) is 17.4 Å². The van der Waals surface area contributed by atoms with Crippen molar-refractivity contribution in [3.8, 4) is 5.75 Å². The molecule has 0 atom stereocenters. The Balaban J connectivity index is 1.92. The van der Waals surface area contributed by atoms with Crippen molar-refractivity contribution in [3.63, 3.8) is 0 Å². The first-order chi connectivity index (χ1) is 9.04. The predicted octanol–water partition coefficient (Wildman–Crippen LogP) is 2.59. The summed E-state index contributed by atoms with van der Waals surface area (Å²) in [5.41, 5.74) is 1.40. The van der Waals surface area contributed by atoms with Gasteiger partial charge in [-0.2, -0.15) is 0 Å². The molecule has 1 aromatic carbocycles. The molecule has 0 radical (unpaired) electrons. The Kier molecular flexibility index (Phi) is 4.39. The van der Waals surface area contributed by atoms with Crippen LogP contribution in [0.4, 0.5) is 5.69 Å². The number of aromatic nitrogens is 2.